The smallest absolute Gasteiger partial charge is 0.243 e. The number of amides is 1. The molecule has 2 aromatic rings. The molecule has 7 nitrogen and oxygen atoms in total. The maximum atomic E-state index is 13.2. The van der Waals surface area contributed by atoms with Gasteiger partial charge >= 0.3 is 0 Å². The first kappa shape index (κ1) is 23.1. The number of carbonyl (C=O) groups excluding carboxylic acids is 1. The molecule has 0 saturated carbocycles. The van der Waals surface area contributed by atoms with Crippen molar-refractivity contribution in [2.45, 2.75) is 30.6 Å². The van der Waals surface area contributed by atoms with Gasteiger partial charge in [-0.3, -0.25) is 4.79 Å². The normalized spacial score (nSPS) is 19.2. The quantitative estimate of drug-likeness (QED) is 0.599. The predicted octanol–water partition coefficient (Wildman–Crippen LogP) is 3.02. The second-order valence-electron chi connectivity index (χ2n) is 7.60. The molecule has 3 rings (SSSR count). The fraction of sp³-hybridized carbons (Fsp3) is 0.435. The summed E-state index contributed by atoms with van der Waals surface area (Å²) in [5.74, 6) is 0.228. The van der Waals surface area contributed by atoms with Crippen molar-refractivity contribution in [2.75, 3.05) is 33.9 Å². The average molecular weight is 447 g/mol. The molecule has 0 bridgehead atoms. The molecule has 0 spiro atoms. The monoisotopic (exact) mass is 446 g/mol. The van der Waals surface area contributed by atoms with Crippen LogP contribution in [-0.2, 0) is 14.8 Å². The molecule has 0 unspecified atom stereocenters. The zero-order chi connectivity index (χ0) is 22.4. The van der Waals surface area contributed by atoms with Crippen molar-refractivity contribution in [1.82, 2.24) is 9.62 Å². The number of methoxy groups -OCH3 is 2. The van der Waals surface area contributed by atoms with Crippen LogP contribution in [0.4, 0.5) is 0 Å². The van der Waals surface area contributed by atoms with Gasteiger partial charge in [-0.2, -0.15) is 4.31 Å². The van der Waals surface area contributed by atoms with Gasteiger partial charge in [0.05, 0.1) is 25.0 Å². The first-order valence-corrected chi connectivity index (χ1v) is 11.9. The van der Waals surface area contributed by atoms with E-state index in [1.807, 2.05) is 6.07 Å². The molecule has 1 heterocycles. The first-order valence-electron chi connectivity index (χ1n) is 10.5. The maximum Gasteiger partial charge on any atom is 0.243 e. The summed E-state index contributed by atoms with van der Waals surface area (Å²) in [5.41, 5.74) is 0.796. The molecule has 1 fully saturated rings. The van der Waals surface area contributed by atoms with Gasteiger partial charge in [0.2, 0.25) is 15.9 Å². The van der Waals surface area contributed by atoms with Crippen LogP contribution < -0.4 is 14.8 Å². The van der Waals surface area contributed by atoms with E-state index in [1.165, 1.54) is 4.31 Å². The highest BCUT2D eigenvalue weighted by Crippen LogP contribution is 2.41. The third kappa shape index (κ3) is 5.02. The Morgan fingerprint density at radius 1 is 1.10 bits per heavy atom. The SMILES string of the molecule is CCCCNC(=O)[C@@H]1CN(S(=O)(=O)c2ccccc2)C[C@H]1c1ccc(OC)cc1OC. The van der Waals surface area contributed by atoms with Crippen molar-refractivity contribution in [3.8, 4) is 11.5 Å². The van der Waals surface area contributed by atoms with E-state index >= 15 is 0 Å². The van der Waals surface area contributed by atoms with Gasteiger partial charge in [0.15, 0.2) is 0 Å². The molecule has 1 saturated heterocycles. The van der Waals surface area contributed by atoms with Gasteiger partial charge in [-0.1, -0.05) is 37.6 Å². The number of nitrogens with zero attached hydrogens (tertiary/aromatic N) is 1. The van der Waals surface area contributed by atoms with E-state index in [0.717, 1.165) is 18.4 Å². The van der Waals surface area contributed by atoms with Crippen LogP contribution >= 0.6 is 0 Å². The highest BCUT2D eigenvalue weighted by Gasteiger charge is 2.44. The number of unbranched alkanes of at least 4 members (excludes halogenated alkanes) is 1. The van der Waals surface area contributed by atoms with Crippen LogP contribution in [0.2, 0.25) is 0 Å². The van der Waals surface area contributed by atoms with Crippen LogP contribution in [-0.4, -0.2) is 52.5 Å². The average Bonchev–Trinajstić information content (AvgIpc) is 3.25. The van der Waals surface area contributed by atoms with Crippen LogP contribution in [0, 0.1) is 5.92 Å². The van der Waals surface area contributed by atoms with Gasteiger partial charge in [0, 0.05) is 31.6 Å². The molecular formula is C23H30N2O5S. The van der Waals surface area contributed by atoms with E-state index in [9.17, 15) is 13.2 Å². The summed E-state index contributed by atoms with van der Waals surface area (Å²) in [6.07, 6.45) is 1.84. The summed E-state index contributed by atoms with van der Waals surface area (Å²) in [6, 6.07) is 13.7. The Kier molecular flexibility index (Phi) is 7.56. The van der Waals surface area contributed by atoms with E-state index in [-0.39, 0.29) is 29.8 Å². The number of benzene rings is 2. The van der Waals surface area contributed by atoms with Crippen molar-refractivity contribution in [2.24, 2.45) is 5.92 Å². The zero-order valence-electron chi connectivity index (χ0n) is 18.2. The number of hydrogen-bond acceptors (Lipinski definition) is 5. The minimum atomic E-state index is -3.72. The highest BCUT2D eigenvalue weighted by atomic mass is 32.2. The Morgan fingerprint density at radius 3 is 2.48 bits per heavy atom. The summed E-state index contributed by atoms with van der Waals surface area (Å²) in [5, 5.41) is 2.97. The van der Waals surface area contributed by atoms with Gasteiger partial charge in [0.25, 0.3) is 0 Å². The summed E-state index contributed by atoms with van der Waals surface area (Å²) in [7, 11) is -0.587. The number of rotatable bonds is 9. The Morgan fingerprint density at radius 2 is 1.84 bits per heavy atom. The number of carbonyl (C=O) groups is 1. The third-order valence-electron chi connectivity index (χ3n) is 5.67. The topological polar surface area (TPSA) is 84.9 Å². The Balaban J connectivity index is 1.96. The number of sulfonamides is 1. The van der Waals surface area contributed by atoms with Gasteiger partial charge in [-0.15, -0.1) is 0 Å². The molecule has 1 aliphatic heterocycles. The van der Waals surface area contributed by atoms with Crippen molar-refractivity contribution in [1.29, 1.82) is 0 Å². The lowest BCUT2D eigenvalue weighted by molar-refractivity contribution is -0.124. The van der Waals surface area contributed by atoms with E-state index in [2.05, 4.69) is 12.2 Å². The van der Waals surface area contributed by atoms with Gasteiger partial charge in [-0.25, -0.2) is 8.42 Å². The van der Waals surface area contributed by atoms with E-state index in [0.29, 0.717) is 18.0 Å². The Bertz CT molecular complexity index is 994. The zero-order valence-corrected chi connectivity index (χ0v) is 19.0. The lowest BCUT2D eigenvalue weighted by Gasteiger charge is -2.21. The van der Waals surface area contributed by atoms with E-state index in [1.54, 1.807) is 56.7 Å². The molecular weight excluding hydrogens is 416 g/mol. The van der Waals surface area contributed by atoms with Crippen LogP contribution in [0.3, 0.4) is 0 Å². The second-order valence-corrected chi connectivity index (χ2v) is 9.54. The van der Waals surface area contributed by atoms with Crippen molar-refractivity contribution in [3.05, 3.63) is 54.1 Å². The molecule has 0 aliphatic carbocycles. The molecule has 1 amide bonds. The fourth-order valence-electron chi connectivity index (χ4n) is 3.93. The van der Waals surface area contributed by atoms with Crippen molar-refractivity contribution in [3.63, 3.8) is 0 Å². The fourth-order valence-corrected chi connectivity index (χ4v) is 5.44. The molecule has 0 aromatic heterocycles. The lowest BCUT2D eigenvalue weighted by atomic mass is 9.87. The minimum Gasteiger partial charge on any atom is -0.497 e. The molecule has 31 heavy (non-hydrogen) atoms. The number of nitrogens with one attached hydrogen (secondary N) is 1. The molecule has 0 radical (unpaired) electrons. The van der Waals surface area contributed by atoms with Gasteiger partial charge in [0.1, 0.15) is 11.5 Å². The number of ether oxygens (including phenoxy) is 2. The minimum absolute atomic E-state index is 0.120. The largest absolute Gasteiger partial charge is 0.497 e. The summed E-state index contributed by atoms with van der Waals surface area (Å²) in [4.78, 5) is 13.3. The number of hydrogen-bond donors (Lipinski definition) is 1. The van der Waals surface area contributed by atoms with Crippen molar-refractivity contribution >= 4 is 15.9 Å². The first-order chi connectivity index (χ1) is 14.9. The van der Waals surface area contributed by atoms with Crippen LogP contribution in [0.5, 0.6) is 11.5 Å². The van der Waals surface area contributed by atoms with Crippen LogP contribution in [0.1, 0.15) is 31.2 Å². The summed E-state index contributed by atoms with van der Waals surface area (Å²) >= 11 is 0. The molecule has 8 heteroatoms. The summed E-state index contributed by atoms with van der Waals surface area (Å²) < 4.78 is 38.7. The molecule has 1 N–H and O–H groups in total. The van der Waals surface area contributed by atoms with Crippen LogP contribution in [0.25, 0.3) is 0 Å². The molecule has 1 aliphatic rings. The lowest BCUT2D eigenvalue weighted by Crippen LogP contribution is -2.36. The van der Waals surface area contributed by atoms with E-state index < -0.39 is 15.9 Å². The van der Waals surface area contributed by atoms with Gasteiger partial charge < -0.3 is 14.8 Å². The maximum absolute atomic E-state index is 13.2. The standard InChI is InChI=1S/C23H30N2O5S/c1-4-5-13-24-23(26)21-16-25(31(27,28)18-9-7-6-8-10-18)15-20(21)19-12-11-17(29-2)14-22(19)30-3/h6-12,14,20-21H,4-5,13,15-16H2,1-3H3,(H,24,26)/t20-,21+/m0/s1. The summed E-state index contributed by atoms with van der Waals surface area (Å²) in [6.45, 7) is 2.95. The Labute approximate surface area is 184 Å². The van der Waals surface area contributed by atoms with Gasteiger partial charge in [-0.05, 0) is 30.2 Å². The molecule has 168 valence electrons. The van der Waals surface area contributed by atoms with Crippen molar-refractivity contribution < 1.29 is 22.7 Å². The van der Waals surface area contributed by atoms with Crippen LogP contribution in [0.15, 0.2) is 53.4 Å². The third-order valence-corrected chi connectivity index (χ3v) is 7.52. The Hall–Kier alpha value is -2.58. The molecule has 2 aromatic carbocycles. The second kappa shape index (κ2) is 10.2. The van der Waals surface area contributed by atoms with E-state index in [4.69, 9.17) is 9.47 Å². The molecule has 2 atom stereocenters. The highest BCUT2D eigenvalue weighted by molar-refractivity contribution is 7.89. The predicted molar refractivity (Wildman–Crippen MR) is 119 cm³/mol.